The molecular formula is C35H50O8. The molecule has 0 heterocycles. The summed E-state index contributed by atoms with van der Waals surface area (Å²) in [5, 5.41) is 28.2. The fourth-order valence-corrected chi connectivity index (χ4v) is 4.62. The highest BCUT2D eigenvalue weighted by atomic mass is 17.2. The SMILES string of the molecule is C=C(CO)C(=O)OCOc1ccc(-c2ccc(OOC(O)C(=C)CO)cc2CCCCCCC)c(CCCCCCC)c1. The number of ether oxygens (including phenoxy) is 2. The Hall–Kier alpha value is -3.17. The van der Waals surface area contributed by atoms with Gasteiger partial charge in [0.1, 0.15) is 5.75 Å². The highest BCUT2D eigenvalue weighted by Crippen LogP contribution is 2.34. The fourth-order valence-electron chi connectivity index (χ4n) is 4.62. The van der Waals surface area contributed by atoms with Gasteiger partial charge in [-0.1, -0.05) is 90.5 Å². The third kappa shape index (κ3) is 12.9. The maximum absolute atomic E-state index is 11.8. The minimum Gasteiger partial charge on any atom is -0.457 e. The van der Waals surface area contributed by atoms with E-state index < -0.39 is 25.5 Å². The summed E-state index contributed by atoms with van der Waals surface area (Å²) in [5.74, 6) is 0.338. The molecule has 8 heteroatoms. The second-order valence-corrected chi connectivity index (χ2v) is 10.8. The van der Waals surface area contributed by atoms with Gasteiger partial charge in [0, 0.05) is 5.57 Å². The Bertz CT molecular complexity index is 1140. The number of carbonyl (C=O) groups is 1. The maximum Gasteiger partial charge on any atom is 0.338 e. The first kappa shape index (κ1) is 36.0. The van der Waals surface area contributed by atoms with Crippen molar-refractivity contribution in [2.24, 2.45) is 0 Å². The summed E-state index contributed by atoms with van der Waals surface area (Å²) in [7, 11) is 0. The maximum atomic E-state index is 11.8. The molecule has 0 aromatic heterocycles. The van der Waals surface area contributed by atoms with Gasteiger partial charge in [0.2, 0.25) is 13.1 Å². The van der Waals surface area contributed by atoms with Crippen molar-refractivity contribution in [3.63, 3.8) is 0 Å². The van der Waals surface area contributed by atoms with E-state index >= 15 is 0 Å². The van der Waals surface area contributed by atoms with Crippen molar-refractivity contribution in [2.75, 3.05) is 20.0 Å². The molecule has 3 N–H and O–H groups in total. The van der Waals surface area contributed by atoms with E-state index in [0.717, 1.165) is 60.8 Å². The summed E-state index contributed by atoms with van der Waals surface area (Å²) in [6.45, 7) is 10.3. The van der Waals surface area contributed by atoms with Crippen molar-refractivity contribution < 1.29 is 39.4 Å². The molecule has 1 atom stereocenters. The first-order valence-electron chi connectivity index (χ1n) is 15.5. The van der Waals surface area contributed by atoms with Gasteiger partial charge >= 0.3 is 5.97 Å². The molecule has 0 amide bonds. The Balaban J connectivity index is 2.33. The topological polar surface area (TPSA) is 115 Å². The molecule has 238 valence electrons. The van der Waals surface area contributed by atoms with Crippen LogP contribution in [0, 0.1) is 0 Å². The molecular weight excluding hydrogens is 548 g/mol. The molecule has 0 aliphatic heterocycles. The highest BCUT2D eigenvalue weighted by Gasteiger charge is 2.15. The summed E-state index contributed by atoms with van der Waals surface area (Å²) in [6.07, 6.45) is 11.8. The van der Waals surface area contributed by atoms with Crippen LogP contribution in [0.3, 0.4) is 0 Å². The number of unbranched alkanes of at least 4 members (excludes halogenated alkanes) is 8. The molecule has 43 heavy (non-hydrogen) atoms. The molecule has 0 radical (unpaired) electrons. The number of rotatable bonds is 23. The van der Waals surface area contributed by atoms with Crippen LogP contribution in [0.1, 0.15) is 89.2 Å². The third-order valence-electron chi connectivity index (χ3n) is 7.23. The molecule has 2 aromatic rings. The van der Waals surface area contributed by atoms with E-state index in [-0.39, 0.29) is 17.9 Å². The van der Waals surface area contributed by atoms with Gasteiger partial charge in [-0.15, -0.1) is 0 Å². The number of carbonyl (C=O) groups excluding carboxylic acids is 1. The minimum absolute atomic E-state index is 0.0281. The zero-order chi connectivity index (χ0) is 31.5. The van der Waals surface area contributed by atoms with Crippen LogP contribution in [0.5, 0.6) is 11.5 Å². The molecule has 1 unspecified atom stereocenters. The number of aliphatic hydroxyl groups excluding tert-OH is 3. The van der Waals surface area contributed by atoms with Crippen molar-refractivity contribution in [1.29, 1.82) is 0 Å². The van der Waals surface area contributed by atoms with Crippen LogP contribution in [0.4, 0.5) is 0 Å². The smallest absolute Gasteiger partial charge is 0.338 e. The molecule has 8 nitrogen and oxygen atoms in total. The number of benzene rings is 2. The van der Waals surface area contributed by atoms with Crippen molar-refractivity contribution >= 4 is 5.97 Å². The van der Waals surface area contributed by atoms with Gasteiger partial charge in [-0.25, -0.2) is 4.79 Å². The van der Waals surface area contributed by atoms with Crippen molar-refractivity contribution in [2.45, 2.75) is 97.2 Å². The lowest BCUT2D eigenvalue weighted by Crippen LogP contribution is -2.18. The summed E-state index contributed by atoms with van der Waals surface area (Å²) in [5.41, 5.74) is 4.49. The Morgan fingerprint density at radius 2 is 1.30 bits per heavy atom. The Morgan fingerprint density at radius 3 is 1.84 bits per heavy atom. The first-order chi connectivity index (χ1) is 20.8. The number of esters is 1. The van der Waals surface area contributed by atoms with Gasteiger partial charge in [-0.3, -0.25) is 0 Å². The molecule has 0 spiro atoms. The number of hydrogen-bond acceptors (Lipinski definition) is 8. The van der Waals surface area contributed by atoms with Gasteiger partial charge in [-0.05, 0) is 72.2 Å². The Morgan fingerprint density at radius 1 is 0.767 bits per heavy atom. The Labute approximate surface area is 256 Å². The van der Waals surface area contributed by atoms with Crippen molar-refractivity contribution in [3.05, 3.63) is 71.8 Å². The van der Waals surface area contributed by atoms with E-state index in [4.69, 9.17) is 24.4 Å². The van der Waals surface area contributed by atoms with Crippen LogP contribution in [0.25, 0.3) is 11.1 Å². The van der Waals surface area contributed by atoms with Crippen LogP contribution in [0.15, 0.2) is 60.7 Å². The molecule has 0 bridgehead atoms. The van der Waals surface area contributed by atoms with Crippen LogP contribution < -0.4 is 9.62 Å². The lowest BCUT2D eigenvalue weighted by Gasteiger charge is -2.18. The molecule has 0 saturated heterocycles. The van der Waals surface area contributed by atoms with Crippen LogP contribution in [0.2, 0.25) is 0 Å². The van der Waals surface area contributed by atoms with Gasteiger partial charge < -0.3 is 29.7 Å². The number of aliphatic hydroxyl groups is 3. The van der Waals surface area contributed by atoms with E-state index in [1.165, 1.54) is 38.5 Å². The molecule has 0 saturated carbocycles. The average Bonchev–Trinajstić information content (AvgIpc) is 3.02. The predicted molar refractivity (Wildman–Crippen MR) is 169 cm³/mol. The van der Waals surface area contributed by atoms with E-state index in [0.29, 0.717) is 11.5 Å². The number of hydrogen-bond donors (Lipinski definition) is 3. The second-order valence-electron chi connectivity index (χ2n) is 10.8. The zero-order valence-corrected chi connectivity index (χ0v) is 25.9. The van der Waals surface area contributed by atoms with Gasteiger partial charge in [-0.2, -0.15) is 4.89 Å². The molecule has 2 rings (SSSR count). The van der Waals surface area contributed by atoms with Gasteiger partial charge in [0.25, 0.3) is 0 Å². The van der Waals surface area contributed by atoms with E-state index in [2.05, 4.69) is 27.0 Å². The minimum atomic E-state index is -1.44. The average molecular weight is 599 g/mol. The standard InChI is InChI=1S/C35H50O8/c1-5-7-9-11-13-15-28-21-30(40-25-41-34(38)26(3)23-36)17-19-32(28)33-20-18-31(42-43-35(39)27(4)24-37)22-29(33)16-14-12-10-8-6-2/h17-22,35-37,39H,3-16,23-25H2,1-2H3. The zero-order valence-electron chi connectivity index (χ0n) is 25.9. The van der Waals surface area contributed by atoms with E-state index in [1.807, 2.05) is 30.3 Å². The summed E-state index contributed by atoms with van der Waals surface area (Å²) < 4.78 is 10.8. The summed E-state index contributed by atoms with van der Waals surface area (Å²) in [6, 6.07) is 11.6. The van der Waals surface area contributed by atoms with Gasteiger partial charge in [0.15, 0.2) is 5.75 Å². The van der Waals surface area contributed by atoms with Crippen LogP contribution >= 0.6 is 0 Å². The second kappa shape index (κ2) is 20.7. The first-order valence-corrected chi connectivity index (χ1v) is 15.5. The van der Waals surface area contributed by atoms with Crippen LogP contribution in [-0.4, -0.2) is 47.6 Å². The quantitative estimate of drug-likeness (QED) is 0.0239. The van der Waals surface area contributed by atoms with Crippen molar-refractivity contribution in [3.8, 4) is 22.6 Å². The monoisotopic (exact) mass is 598 g/mol. The fraction of sp³-hybridized carbons (Fsp3) is 0.514. The molecule has 0 aliphatic rings. The molecule has 0 fully saturated rings. The predicted octanol–water partition coefficient (Wildman–Crippen LogP) is 6.98. The lowest BCUT2D eigenvalue weighted by molar-refractivity contribution is -0.292. The molecule has 0 aliphatic carbocycles. The Kier molecular flexibility index (Phi) is 17.3. The third-order valence-corrected chi connectivity index (χ3v) is 7.23. The molecule has 2 aromatic carbocycles. The summed E-state index contributed by atoms with van der Waals surface area (Å²) in [4.78, 5) is 22.3. The summed E-state index contributed by atoms with van der Waals surface area (Å²) >= 11 is 0. The van der Waals surface area contributed by atoms with Crippen LogP contribution in [-0.2, 0) is 27.3 Å². The highest BCUT2D eigenvalue weighted by molar-refractivity contribution is 5.87. The number of aryl methyl sites for hydroxylation is 2. The van der Waals surface area contributed by atoms with E-state index in [9.17, 15) is 15.0 Å². The van der Waals surface area contributed by atoms with Crippen molar-refractivity contribution in [1.82, 2.24) is 0 Å². The lowest BCUT2D eigenvalue weighted by atomic mass is 9.90. The van der Waals surface area contributed by atoms with Gasteiger partial charge in [0.05, 0.1) is 18.8 Å². The van der Waals surface area contributed by atoms with E-state index in [1.54, 1.807) is 6.07 Å². The largest absolute Gasteiger partial charge is 0.457 e. The normalized spacial score (nSPS) is 11.7.